The third kappa shape index (κ3) is 3.49. The Morgan fingerprint density at radius 2 is 1.72 bits per heavy atom. The lowest BCUT2D eigenvalue weighted by atomic mass is 10.1. The van der Waals surface area contributed by atoms with E-state index in [0.29, 0.717) is 16.8 Å². The first-order valence-corrected chi connectivity index (χ1v) is 8.84. The average Bonchev–Trinajstić information content (AvgIpc) is 2.86. The van der Waals surface area contributed by atoms with Crippen LogP contribution in [0.3, 0.4) is 0 Å². The zero-order valence-electron chi connectivity index (χ0n) is 13.7. The summed E-state index contributed by atoms with van der Waals surface area (Å²) in [5.74, 6) is -0.940. The third-order valence-corrected chi connectivity index (χ3v) is 4.81. The smallest absolute Gasteiger partial charge is 0.261 e. The van der Waals surface area contributed by atoms with Gasteiger partial charge in [0.15, 0.2) is 0 Å². The largest absolute Gasteiger partial charge is 0.325 e. The molecule has 5 nitrogen and oxygen atoms in total. The number of amides is 3. The van der Waals surface area contributed by atoms with E-state index < -0.39 is 0 Å². The van der Waals surface area contributed by atoms with Crippen LogP contribution in [0.25, 0.3) is 0 Å². The standard InChI is InChI=1S/C19H17BrN2O3/c1-2-12-7-8-16(15(20)11-12)21-17(23)9-10-22-18(24)13-5-3-4-6-14(13)19(22)25/h3-8,11H,2,9-10H2,1H3,(H,21,23). The van der Waals surface area contributed by atoms with Crippen molar-refractivity contribution in [3.05, 3.63) is 63.6 Å². The fourth-order valence-electron chi connectivity index (χ4n) is 2.75. The molecule has 1 aliphatic heterocycles. The Morgan fingerprint density at radius 3 is 2.28 bits per heavy atom. The lowest BCUT2D eigenvalue weighted by Crippen LogP contribution is -2.32. The van der Waals surface area contributed by atoms with Crippen molar-refractivity contribution in [2.45, 2.75) is 19.8 Å². The van der Waals surface area contributed by atoms with Crippen molar-refractivity contribution in [2.24, 2.45) is 0 Å². The van der Waals surface area contributed by atoms with Gasteiger partial charge in [-0.25, -0.2) is 0 Å². The minimum Gasteiger partial charge on any atom is -0.325 e. The van der Waals surface area contributed by atoms with Crippen LogP contribution in [-0.4, -0.2) is 29.2 Å². The number of halogens is 1. The lowest BCUT2D eigenvalue weighted by Gasteiger charge is -2.14. The highest BCUT2D eigenvalue weighted by molar-refractivity contribution is 9.10. The van der Waals surface area contributed by atoms with E-state index in [4.69, 9.17) is 0 Å². The highest BCUT2D eigenvalue weighted by atomic mass is 79.9. The molecular formula is C19H17BrN2O3. The van der Waals surface area contributed by atoms with Crippen LogP contribution in [0.2, 0.25) is 0 Å². The Kier molecular flexibility index (Phi) is 4.99. The molecule has 1 heterocycles. The molecule has 0 unspecified atom stereocenters. The molecule has 6 heteroatoms. The van der Waals surface area contributed by atoms with Crippen LogP contribution in [-0.2, 0) is 11.2 Å². The predicted molar refractivity (Wildman–Crippen MR) is 98.6 cm³/mol. The Bertz CT molecular complexity index is 828. The molecule has 3 amide bonds. The second kappa shape index (κ2) is 7.19. The maximum absolute atomic E-state index is 12.3. The molecule has 0 saturated heterocycles. The van der Waals surface area contributed by atoms with Gasteiger partial charge in [-0.3, -0.25) is 19.3 Å². The Labute approximate surface area is 154 Å². The van der Waals surface area contributed by atoms with Crippen LogP contribution in [0, 0.1) is 0 Å². The monoisotopic (exact) mass is 400 g/mol. The summed E-state index contributed by atoms with van der Waals surface area (Å²) in [5.41, 5.74) is 2.62. The molecule has 0 aromatic heterocycles. The first-order valence-electron chi connectivity index (χ1n) is 8.04. The topological polar surface area (TPSA) is 66.5 Å². The normalized spacial score (nSPS) is 13.1. The van der Waals surface area contributed by atoms with E-state index >= 15 is 0 Å². The summed E-state index contributed by atoms with van der Waals surface area (Å²) in [6, 6.07) is 12.4. The average molecular weight is 401 g/mol. The Hall–Kier alpha value is -2.47. The number of carbonyl (C=O) groups is 3. The Balaban J connectivity index is 1.62. The molecule has 25 heavy (non-hydrogen) atoms. The number of hydrogen-bond acceptors (Lipinski definition) is 3. The molecule has 0 spiro atoms. The minimum atomic E-state index is -0.345. The first kappa shape index (κ1) is 17.4. The highest BCUT2D eigenvalue weighted by Crippen LogP contribution is 2.25. The third-order valence-electron chi connectivity index (χ3n) is 4.16. The van der Waals surface area contributed by atoms with Gasteiger partial charge in [-0.2, -0.15) is 0 Å². The number of carbonyl (C=O) groups excluding carboxylic acids is 3. The molecule has 0 atom stereocenters. The molecule has 1 N–H and O–H groups in total. The quantitative estimate of drug-likeness (QED) is 0.779. The number of nitrogens with zero attached hydrogens (tertiary/aromatic N) is 1. The number of fused-ring (bicyclic) bond motifs is 1. The van der Waals surface area contributed by atoms with Crippen LogP contribution >= 0.6 is 15.9 Å². The molecule has 0 radical (unpaired) electrons. The van der Waals surface area contributed by atoms with Gasteiger partial charge in [0, 0.05) is 17.4 Å². The van der Waals surface area contributed by atoms with Crippen molar-refractivity contribution in [2.75, 3.05) is 11.9 Å². The lowest BCUT2D eigenvalue weighted by molar-refractivity contribution is -0.116. The van der Waals surface area contributed by atoms with Gasteiger partial charge >= 0.3 is 0 Å². The molecule has 0 fully saturated rings. The number of hydrogen-bond donors (Lipinski definition) is 1. The maximum atomic E-state index is 12.3. The van der Waals surface area contributed by atoms with Crippen molar-refractivity contribution < 1.29 is 14.4 Å². The summed E-state index contributed by atoms with van der Waals surface area (Å²) >= 11 is 3.44. The van der Waals surface area contributed by atoms with Gasteiger partial charge in [0.2, 0.25) is 5.91 Å². The van der Waals surface area contributed by atoms with E-state index in [0.717, 1.165) is 21.4 Å². The predicted octanol–water partition coefficient (Wildman–Crippen LogP) is 3.64. The summed E-state index contributed by atoms with van der Waals surface area (Å²) in [5, 5.41) is 2.80. The molecule has 0 aliphatic carbocycles. The number of rotatable bonds is 5. The van der Waals surface area contributed by atoms with Crippen molar-refractivity contribution in [3.8, 4) is 0 Å². The number of anilines is 1. The second-order valence-corrected chi connectivity index (χ2v) is 6.63. The minimum absolute atomic E-state index is 0.0490. The summed E-state index contributed by atoms with van der Waals surface area (Å²) in [4.78, 5) is 37.8. The van der Waals surface area contributed by atoms with Crippen molar-refractivity contribution in [1.29, 1.82) is 0 Å². The van der Waals surface area contributed by atoms with Gasteiger partial charge < -0.3 is 5.32 Å². The van der Waals surface area contributed by atoms with Gasteiger partial charge in [0.25, 0.3) is 11.8 Å². The van der Waals surface area contributed by atoms with Crippen LogP contribution in [0.5, 0.6) is 0 Å². The molecule has 3 rings (SSSR count). The molecule has 2 aromatic carbocycles. The van der Waals surface area contributed by atoms with Crippen LogP contribution in [0.15, 0.2) is 46.9 Å². The van der Waals surface area contributed by atoms with E-state index in [1.54, 1.807) is 24.3 Å². The van der Waals surface area contributed by atoms with Gasteiger partial charge in [0.1, 0.15) is 0 Å². The van der Waals surface area contributed by atoms with E-state index in [2.05, 4.69) is 28.2 Å². The molecule has 0 saturated carbocycles. The fourth-order valence-corrected chi connectivity index (χ4v) is 3.27. The fraction of sp³-hybridized carbons (Fsp3) is 0.211. The number of benzene rings is 2. The highest BCUT2D eigenvalue weighted by Gasteiger charge is 2.34. The summed E-state index contributed by atoms with van der Waals surface area (Å²) in [6.07, 6.45) is 0.958. The number of imide groups is 1. The van der Waals surface area contributed by atoms with Crippen LogP contribution in [0.1, 0.15) is 39.6 Å². The molecule has 1 aliphatic rings. The van der Waals surface area contributed by atoms with E-state index in [1.807, 2.05) is 18.2 Å². The van der Waals surface area contributed by atoms with Crippen molar-refractivity contribution >= 4 is 39.3 Å². The zero-order valence-corrected chi connectivity index (χ0v) is 15.3. The van der Waals surface area contributed by atoms with Gasteiger partial charge in [0.05, 0.1) is 16.8 Å². The van der Waals surface area contributed by atoms with Crippen LogP contribution < -0.4 is 5.32 Å². The van der Waals surface area contributed by atoms with Crippen molar-refractivity contribution in [3.63, 3.8) is 0 Å². The second-order valence-electron chi connectivity index (χ2n) is 5.77. The first-order chi connectivity index (χ1) is 12.0. The SMILES string of the molecule is CCc1ccc(NC(=O)CCN2C(=O)c3ccccc3C2=O)c(Br)c1. The maximum Gasteiger partial charge on any atom is 0.261 e. The summed E-state index contributed by atoms with van der Waals surface area (Å²) in [6.45, 7) is 2.12. The zero-order chi connectivity index (χ0) is 18.0. The van der Waals surface area contributed by atoms with E-state index in [1.165, 1.54) is 0 Å². The van der Waals surface area contributed by atoms with Gasteiger partial charge in [-0.1, -0.05) is 25.1 Å². The number of aryl methyl sites for hydroxylation is 1. The Morgan fingerprint density at radius 1 is 1.08 bits per heavy atom. The number of nitrogens with one attached hydrogen (secondary N) is 1. The van der Waals surface area contributed by atoms with Crippen molar-refractivity contribution in [1.82, 2.24) is 4.90 Å². The molecule has 0 bridgehead atoms. The summed E-state index contributed by atoms with van der Waals surface area (Å²) < 4.78 is 0.806. The van der Waals surface area contributed by atoms with E-state index in [9.17, 15) is 14.4 Å². The molecular weight excluding hydrogens is 384 g/mol. The van der Waals surface area contributed by atoms with Crippen LogP contribution in [0.4, 0.5) is 5.69 Å². The van der Waals surface area contributed by atoms with Gasteiger partial charge in [-0.15, -0.1) is 0 Å². The molecule has 128 valence electrons. The summed E-state index contributed by atoms with van der Waals surface area (Å²) in [7, 11) is 0. The van der Waals surface area contributed by atoms with E-state index in [-0.39, 0.29) is 30.7 Å². The van der Waals surface area contributed by atoms with Gasteiger partial charge in [-0.05, 0) is 52.2 Å². The molecule has 2 aromatic rings.